The molecule has 1 aliphatic rings. The van der Waals surface area contributed by atoms with Crippen molar-refractivity contribution in [2.45, 2.75) is 26.1 Å². The number of hydrogen-bond acceptors (Lipinski definition) is 5. The van der Waals surface area contributed by atoms with E-state index in [0.29, 0.717) is 25.3 Å². The number of nitrogens with zero attached hydrogens (tertiary/aromatic N) is 5. The van der Waals surface area contributed by atoms with Crippen molar-refractivity contribution >= 4 is 5.91 Å². The molecular weight excluding hydrogens is 270 g/mol. The SMILES string of the molecule is COCc1nnc2n1[C@@H](C)CN(C(=O)c1ccncc1)C2. The van der Waals surface area contributed by atoms with E-state index >= 15 is 0 Å². The summed E-state index contributed by atoms with van der Waals surface area (Å²) in [5.74, 6) is 1.59. The van der Waals surface area contributed by atoms with Gasteiger partial charge in [-0.15, -0.1) is 10.2 Å². The summed E-state index contributed by atoms with van der Waals surface area (Å²) in [6.07, 6.45) is 3.25. The molecular formula is C14H17N5O2. The molecule has 3 rings (SSSR count). The van der Waals surface area contributed by atoms with Crippen LogP contribution in [0.1, 0.15) is 35.0 Å². The Labute approximate surface area is 122 Å². The number of aromatic nitrogens is 4. The first-order valence-corrected chi connectivity index (χ1v) is 6.81. The number of amides is 1. The van der Waals surface area contributed by atoms with Crippen LogP contribution in [0, 0.1) is 0 Å². The Balaban J connectivity index is 1.84. The summed E-state index contributed by atoms with van der Waals surface area (Å²) in [4.78, 5) is 18.2. The normalized spacial score (nSPS) is 17.6. The van der Waals surface area contributed by atoms with Gasteiger partial charge in [0.25, 0.3) is 5.91 Å². The van der Waals surface area contributed by atoms with Crippen LogP contribution in [0.4, 0.5) is 0 Å². The second-order valence-corrected chi connectivity index (χ2v) is 5.11. The molecule has 0 saturated carbocycles. The summed E-state index contributed by atoms with van der Waals surface area (Å²) in [7, 11) is 1.63. The third kappa shape index (κ3) is 2.52. The first kappa shape index (κ1) is 13.7. The molecule has 7 nitrogen and oxygen atoms in total. The van der Waals surface area contributed by atoms with Crippen molar-refractivity contribution in [2.24, 2.45) is 0 Å². The fourth-order valence-corrected chi connectivity index (χ4v) is 2.67. The van der Waals surface area contributed by atoms with Gasteiger partial charge in [0.1, 0.15) is 6.61 Å². The molecule has 0 aromatic carbocycles. The number of hydrogen-bond donors (Lipinski definition) is 0. The maximum atomic E-state index is 12.5. The van der Waals surface area contributed by atoms with Crippen LogP contribution in [0.25, 0.3) is 0 Å². The summed E-state index contributed by atoms with van der Waals surface area (Å²) in [5.41, 5.74) is 0.641. The molecule has 1 atom stereocenters. The number of ether oxygens (including phenoxy) is 1. The van der Waals surface area contributed by atoms with E-state index < -0.39 is 0 Å². The molecule has 2 aromatic heterocycles. The van der Waals surface area contributed by atoms with Gasteiger partial charge in [-0.25, -0.2) is 0 Å². The Bertz CT molecular complexity index is 640. The maximum Gasteiger partial charge on any atom is 0.254 e. The highest BCUT2D eigenvalue weighted by Gasteiger charge is 2.29. The Morgan fingerprint density at radius 1 is 1.38 bits per heavy atom. The lowest BCUT2D eigenvalue weighted by atomic mass is 10.1. The Morgan fingerprint density at radius 2 is 2.14 bits per heavy atom. The van der Waals surface area contributed by atoms with Gasteiger partial charge in [-0.05, 0) is 19.1 Å². The van der Waals surface area contributed by atoms with Crippen LogP contribution in [0.3, 0.4) is 0 Å². The number of carbonyl (C=O) groups is 1. The highest BCUT2D eigenvalue weighted by atomic mass is 16.5. The van der Waals surface area contributed by atoms with E-state index in [1.54, 1.807) is 36.5 Å². The van der Waals surface area contributed by atoms with Gasteiger partial charge in [-0.3, -0.25) is 9.78 Å². The smallest absolute Gasteiger partial charge is 0.254 e. The van der Waals surface area contributed by atoms with Crippen molar-refractivity contribution in [1.82, 2.24) is 24.6 Å². The van der Waals surface area contributed by atoms with Gasteiger partial charge in [0.05, 0.1) is 12.6 Å². The van der Waals surface area contributed by atoms with E-state index in [2.05, 4.69) is 26.7 Å². The third-order valence-corrected chi connectivity index (χ3v) is 3.58. The topological polar surface area (TPSA) is 73.1 Å². The molecule has 2 aromatic rings. The molecule has 0 fully saturated rings. The second-order valence-electron chi connectivity index (χ2n) is 5.11. The summed E-state index contributed by atoms with van der Waals surface area (Å²) in [5, 5.41) is 8.32. The second kappa shape index (κ2) is 5.61. The Morgan fingerprint density at radius 3 is 2.86 bits per heavy atom. The number of rotatable bonds is 3. The van der Waals surface area contributed by atoms with E-state index in [1.807, 2.05) is 0 Å². The number of methoxy groups -OCH3 is 1. The predicted octanol–water partition coefficient (Wildman–Crippen LogP) is 1.04. The average Bonchev–Trinajstić information content (AvgIpc) is 2.91. The van der Waals surface area contributed by atoms with Crippen LogP contribution in [0.2, 0.25) is 0 Å². The van der Waals surface area contributed by atoms with E-state index in [1.165, 1.54) is 0 Å². The molecule has 0 N–H and O–H groups in total. The highest BCUT2D eigenvalue weighted by Crippen LogP contribution is 2.23. The van der Waals surface area contributed by atoms with E-state index in [0.717, 1.165) is 11.6 Å². The monoisotopic (exact) mass is 287 g/mol. The van der Waals surface area contributed by atoms with Crippen LogP contribution >= 0.6 is 0 Å². The van der Waals surface area contributed by atoms with Crippen molar-refractivity contribution in [3.63, 3.8) is 0 Å². The molecule has 1 aliphatic heterocycles. The fourth-order valence-electron chi connectivity index (χ4n) is 2.67. The van der Waals surface area contributed by atoms with Crippen molar-refractivity contribution in [3.8, 4) is 0 Å². The van der Waals surface area contributed by atoms with Crippen molar-refractivity contribution in [3.05, 3.63) is 41.7 Å². The molecule has 1 amide bonds. The zero-order valence-electron chi connectivity index (χ0n) is 12.1. The zero-order chi connectivity index (χ0) is 14.8. The standard InChI is InChI=1S/C14H17N5O2/c1-10-7-18(14(20)11-3-5-15-6-4-11)8-12-16-17-13(9-21-2)19(10)12/h3-6,10H,7-9H2,1-2H3/t10-/m0/s1. The quantitative estimate of drug-likeness (QED) is 0.843. The molecule has 7 heteroatoms. The minimum absolute atomic E-state index is 0.00760. The van der Waals surface area contributed by atoms with Crippen molar-refractivity contribution in [2.75, 3.05) is 13.7 Å². The molecule has 21 heavy (non-hydrogen) atoms. The van der Waals surface area contributed by atoms with Gasteiger partial charge < -0.3 is 14.2 Å². The fraction of sp³-hybridized carbons (Fsp3) is 0.429. The lowest BCUT2D eigenvalue weighted by Gasteiger charge is -2.32. The number of pyridine rings is 1. The highest BCUT2D eigenvalue weighted by molar-refractivity contribution is 5.94. The lowest BCUT2D eigenvalue weighted by molar-refractivity contribution is 0.0675. The summed E-state index contributed by atoms with van der Waals surface area (Å²) in [6, 6.07) is 3.57. The van der Waals surface area contributed by atoms with Crippen LogP contribution in [0.5, 0.6) is 0 Å². The van der Waals surface area contributed by atoms with Gasteiger partial charge >= 0.3 is 0 Å². The molecule has 110 valence electrons. The molecule has 0 bridgehead atoms. The van der Waals surface area contributed by atoms with E-state index in [-0.39, 0.29) is 11.9 Å². The summed E-state index contributed by atoms with van der Waals surface area (Å²) in [6.45, 7) is 3.57. The van der Waals surface area contributed by atoms with Gasteiger partial charge in [0.2, 0.25) is 0 Å². The zero-order valence-corrected chi connectivity index (χ0v) is 12.1. The largest absolute Gasteiger partial charge is 0.377 e. The van der Waals surface area contributed by atoms with Crippen LogP contribution in [0.15, 0.2) is 24.5 Å². The van der Waals surface area contributed by atoms with Gasteiger partial charge in [0, 0.05) is 31.6 Å². The van der Waals surface area contributed by atoms with Gasteiger partial charge in [-0.1, -0.05) is 0 Å². The van der Waals surface area contributed by atoms with Gasteiger partial charge in [0.15, 0.2) is 11.6 Å². The van der Waals surface area contributed by atoms with Crippen LogP contribution < -0.4 is 0 Å². The molecule has 0 aliphatic carbocycles. The van der Waals surface area contributed by atoms with E-state index in [4.69, 9.17) is 4.74 Å². The van der Waals surface area contributed by atoms with Crippen LogP contribution in [-0.4, -0.2) is 44.2 Å². The maximum absolute atomic E-state index is 12.5. The van der Waals surface area contributed by atoms with Crippen molar-refractivity contribution < 1.29 is 9.53 Å². The predicted molar refractivity (Wildman–Crippen MR) is 74.4 cm³/mol. The van der Waals surface area contributed by atoms with Gasteiger partial charge in [-0.2, -0.15) is 0 Å². The average molecular weight is 287 g/mol. The molecule has 3 heterocycles. The Kier molecular flexibility index (Phi) is 3.66. The first-order chi connectivity index (χ1) is 10.2. The minimum atomic E-state index is -0.00760. The molecule has 0 unspecified atom stereocenters. The summed E-state index contributed by atoms with van der Waals surface area (Å²) < 4.78 is 7.19. The first-order valence-electron chi connectivity index (χ1n) is 6.81. The summed E-state index contributed by atoms with van der Waals surface area (Å²) >= 11 is 0. The third-order valence-electron chi connectivity index (χ3n) is 3.58. The van der Waals surface area contributed by atoms with Crippen molar-refractivity contribution in [1.29, 1.82) is 0 Å². The molecule has 0 radical (unpaired) electrons. The number of carbonyl (C=O) groups excluding carboxylic acids is 1. The molecule has 0 saturated heterocycles. The van der Waals surface area contributed by atoms with E-state index in [9.17, 15) is 4.79 Å². The molecule has 0 spiro atoms. The number of fused-ring (bicyclic) bond motifs is 1. The Hall–Kier alpha value is -2.28. The minimum Gasteiger partial charge on any atom is -0.377 e. The lowest BCUT2D eigenvalue weighted by Crippen LogP contribution is -2.40. The van der Waals surface area contributed by atoms with Crippen LogP contribution in [-0.2, 0) is 17.9 Å².